The first-order valence-corrected chi connectivity index (χ1v) is 12.5. The number of benzene rings is 3. The molecule has 1 aromatic heterocycles. The van der Waals surface area contributed by atoms with Crippen LogP contribution in [0.15, 0.2) is 72.9 Å². The minimum atomic E-state index is -1.27. The Hall–Kier alpha value is -5.01. The maximum absolute atomic E-state index is 13.6. The van der Waals surface area contributed by atoms with E-state index in [1.807, 2.05) is 0 Å². The van der Waals surface area contributed by atoms with Gasteiger partial charge in [-0.2, -0.15) is 5.26 Å². The average molecular weight is 541 g/mol. The van der Waals surface area contributed by atoms with Crippen molar-refractivity contribution < 1.29 is 28.2 Å². The number of primary amides is 1. The van der Waals surface area contributed by atoms with E-state index in [-0.39, 0.29) is 6.61 Å². The van der Waals surface area contributed by atoms with Gasteiger partial charge in [0.1, 0.15) is 41.2 Å². The second-order valence-electron chi connectivity index (χ2n) is 9.29. The number of rotatable bonds is 10. The Morgan fingerprint density at radius 1 is 1.02 bits per heavy atom. The Labute approximate surface area is 229 Å². The molecule has 202 valence electrons. The minimum Gasteiger partial charge on any atom is -0.490 e. The van der Waals surface area contributed by atoms with Crippen LogP contribution in [-0.4, -0.2) is 37.1 Å². The van der Waals surface area contributed by atoms with E-state index >= 15 is 0 Å². The normalized spacial score (nSPS) is 13.3. The van der Waals surface area contributed by atoms with Gasteiger partial charge >= 0.3 is 0 Å². The van der Waals surface area contributed by atoms with Crippen LogP contribution < -0.4 is 20.1 Å². The molecule has 0 unspecified atom stereocenters. The summed E-state index contributed by atoms with van der Waals surface area (Å²) in [6, 6.07) is 19.3. The summed E-state index contributed by atoms with van der Waals surface area (Å²) in [4.78, 5) is 31.3. The highest BCUT2D eigenvalue weighted by atomic mass is 19.1. The zero-order valence-electron chi connectivity index (χ0n) is 21.6. The van der Waals surface area contributed by atoms with Gasteiger partial charge in [0.05, 0.1) is 17.7 Å². The van der Waals surface area contributed by atoms with E-state index in [1.165, 1.54) is 29.2 Å². The topological polar surface area (TPSA) is 128 Å². The van der Waals surface area contributed by atoms with E-state index in [9.17, 15) is 19.2 Å². The predicted molar refractivity (Wildman–Crippen MR) is 145 cm³/mol. The van der Waals surface area contributed by atoms with Gasteiger partial charge in [-0.1, -0.05) is 0 Å². The lowest BCUT2D eigenvalue weighted by atomic mass is 10.0. The molecule has 10 heteroatoms. The standard InChI is InChI=1S/C30H25FN4O5/c1-38-14-15-39-27-17-25-24(16-19(27)18-32)26(10-13-34-25)40-23-8-6-22(7-9-23)35(21-4-2-20(31)3-5-21)29(37)30(11-12-30)28(33)36/h2-10,13,16-17H,11-12,14-15H2,1H3,(H2,33,36). The van der Waals surface area contributed by atoms with Gasteiger partial charge in [0, 0.05) is 36.1 Å². The molecule has 1 aliphatic rings. The molecule has 0 aliphatic heterocycles. The fourth-order valence-electron chi connectivity index (χ4n) is 4.35. The van der Waals surface area contributed by atoms with Crippen LogP contribution in [0.2, 0.25) is 0 Å². The van der Waals surface area contributed by atoms with Crippen molar-refractivity contribution in [2.75, 3.05) is 25.2 Å². The van der Waals surface area contributed by atoms with E-state index in [0.29, 0.717) is 64.5 Å². The smallest absolute Gasteiger partial charge is 0.247 e. The fraction of sp³-hybridized carbons (Fsp3) is 0.200. The first-order chi connectivity index (χ1) is 19.4. The summed E-state index contributed by atoms with van der Waals surface area (Å²) in [5.41, 5.74) is 6.06. The van der Waals surface area contributed by atoms with Gasteiger partial charge in [-0.25, -0.2) is 4.39 Å². The van der Waals surface area contributed by atoms with Crippen LogP contribution in [0.25, 0.3) is 10.9 Å². The Balaban J connectivity index is 1.44. The van der Waals surface area contributed by atoms with E-state index < -0.39 is 23.0 Å². The van der Waals surface area contributed by atoms with Crippen LogP contribution in [0.3, 0.4) is 0 Å². The summed E-state index contributed by atoms with van der Waals surface area (Å²) in [5.74, 6) is -0.275. The van der Waals surface area contributed by atoms with Crippen molar-refractivity contribution in [2.45, 2.75) is 12.8 Å². The van der Waals surface area contributed by atoms with Gasteiger partial charge in [0.15, 0.2) is 0 Å². The maximum Gasteiger partial charge on any atom is 0.247 e. The van der Waals surface area contributed by atoms with Crippen molar-refractivity contribution in [3.05, 3.63) is 84.3 Å². The van der Waals surface area contributed by atoms with Crippen LogP contribution in [-0.2, 0) is 14.3 Å². The summed E-state index contributed by atoms with van der Waals surface area (Å²) in [7, 11) is 1.56. The summed E-state index contributed by atoms with van der Waals surface area (Å²) < 4.78 is 30.4. The van der Waals surface area contributed by atoms with Crippen molar-refractivity contribution >= 4 is 34.1 Å². The molecule has 4 aromatic rings. The van der Waals surface area contributed by atoms with E-state index in [0.717, 1.165) is 0 Å². The molecule has 40 heavy (non-hydrogen) atoms. The average Bonchev–Trinajstić information content (AvgIpc) is 3.78. The van der Waals surface area contributed by atoms with E-state index in [1.54, 1.807) is 55.8 Å². The monoisotopic (exact) mass is 540 g/mol. The molecule has 0 bridgehead atoms. The van der Waals surface area contributed by atoms with Gasteiger partial charge in [0.2, 0.25) is 11.8 Å². The molecule has 2 amide bonds. The van der Waals surface area contributed by atoms with Gasteiger partial charge in [-0.15, -0.1) is 0 Å². The molecule has 9 nitrogen and oxygen atoms in total. The van der Waals surface area contributed by atoms with Crippen LogP contribution >= 0.6 is 0 Å². The largest absolute Gasteiger partial charge is 0.490 e. The Morgan fingerprint density at radius 2 is 1.70 bits per heavy atom. The molecule has 5 rings (SSSR count). The molecule has 1 heterocycles. The van der Waals surface area contributed by atoms with E-state index in [4.69, 9.17) is 19.9 Å². The molecule has 1 fully saturated rings. The van der Waals surface area contributed by atoms with Gasteiger partial charge < -0.3 is 19.9 Å². The summed E-state index contributed by atoms with van der Waals surface area (Å²) in [6.45, 7) is 0.667. The number of carbonyl (C=O) groups excluding carboxylic acids is 2. The number of hydrogen-bond donors (Lipinski definition) is 1. The Bertz CT molecular complexity index is 1610. The molecule has 1 saturated carbocycles. The van der Waals surface area contributed by atoms with Crippen LogP contribution in [0, 0.1) is 22.6 Å². The molecular formula is C30H25FN4O5. The van der Waals surface area contributed by atoms with E-state index in [2.05, 4.69) is 11.1 Å². The third-order valence-electron chi connectivity index (χ3n) is 6.71. The first kappa shape index (κ1) is 26.6. The summed E-state index contributed by atoms with van der Waals surface area (Å²) in [5, 5.41) is 10.3. The highest BCUT2D eigenvalue weighted by Crippen LogP contribution is 2.49. The number of hydrogen-bond acceptors (Lipinski definition) is 7. The lowest BCUT2D eigenvalue weighted by molar-refractivity contribution is -0.133. The summed E-state index contributed by atoms with van der Waals surface area (Å²) in [6.07, 6.45) is 2.31. The molecule has 0 atom stereocenters. The molecule has 0 spiro atoms. The quantitative estimate of drug-likeness (QED) is 0.222. The number of fused-ring (bicyclic) bond motifs is 1. The molecule has 0 saturated heterocycles. The minimum absolute atomic E-state index is 0.289. The maximum atomic E-state index is 13.6. The van der Waals surface area contributed by atoms with Gasteiger partial charge in [-0.05, 0) is 73.5 Å². The predicted octanol–water partition coefficient (Wildman–Crippen LogP) is 4.99. The zero-order chi connectivity index (χ0) is 28.3. The number of aromatic nitrogens is 1. The highest BCUT2D eigenvalue weighted by Gasteiger charge is 2.57. The van der Waals surface area contributed by atoms with Crippen LogP contribution in [0.4, 0.5) is 15.8 Å². The number of nitrogens with zero attached hydrogens (tertiary/aromatic N) is 3. The van der Waals surface area contributed by atoms with Crippen molar-refractivity contribution in [1.29, 1.82) is 5.26 Å². The highest BCUT2D eigenvalue weighted by molar-refractivity contribution is 6.16. The zero-order valence-corrected chi connectivity index (χ0v) is 21.6. The SMILES string of the molecule is COCCOc1cc2nccc(Oc3ccc(N(C(=O)C4(C(N)=O)CC4)c4ccc(F)cc4)cc3)c2cc1C#N. The van der Waals surface area contributed by atoms with Crippen LogP contribution in [0.5, 0.6) is 17.2 Å². The number of ether oxygens (including phenoxy) is 3. The number of nitriles is 1. The molecule has 0 radical (unpaired) electrons. The lowest BCUT2D eigenvalue weighted by Gasteiger charge is -2.26. The molecular weight excluding hydrogens is 515 g/mol. The lowest BCUT2D eigenvalue weighted by Crippen LogP contribution is -2.41. The van der Waals surface area contributed by atoms with Gasteiger partial charge in [0.25, 0.3) is 0 Å². The van der Waals surface area contributed by atoms with Crippen molar-refractivity contribution in [3.63, 3.8) is 0 Å². The molecule has 2 N–H and O–H groups in total. The van der Waals surface area contributed by atoms with Gasteiger partial charge in [-0.3, -0.25) is 19.5 Å². The number of anilines is 2. The second-order valence-corrected chi connectivity index (χ2v) is 9.29. The number of halogens is 1. The third kappa shape index (κ3) is 5.15. The molecule has 1 aliphatic carbocycles. The number of amides is 2. The number of methoxy groups -OCH3 is 1. The first-order valence-electron chi connectivity index (χ1n) is 12.5. The van der Waals surface area contributed by atoms with Crippen molar-refractivity contribution in [2.24, 2.45) is 11.1 Å². The number of pyridine rings is 1. The second kappa shape index (κ2) is 11.0. The molecule has 3 aromatic carbocycles. The number of carbonyl (C=O) groups is 2. The van der Waals surface area contributed by atoms with Crippen LogP contribution in [0.1, 0.15) is 18.4 Å². The Morgan fingerprint density at radius 3 is 2.30 bits per heavy atom. The van der Waals surface area contributed by atoms with Crippen molar-refractivity contribution in [1.82, 2.24) is 4.98 Å². The Kier molecular flexibility index (Phi) is 7.31. The van der Waals surface area contributed by atoms with Crippen molar-refractivity contribution in [3.8, 4) is 23.3 Å². The number of nitrogens with two attached hydrogens (primary N) is 1. The summed E-state index contributed by atoms with van der Waals surface area (Å²) >= 11 is 0. The third-order valence-corrected chi connectivity index (χ3v) is 6.71. The fourth-order valence-corrected chi connectivity index (χ4v) is 4.35.